The smallest absolute Gasteiger partial charge is 0.661 e. The zero-order chi connectivity index (χ0) is 7.40. The Bertz CT molecular complexity index is 92.1. The molecule has 1 fully saturated rings. The van der Waals surface area contributed by atoms with Crippen molar-refractivity contribution in [2.24, 2.45) is 0 Å². The molecule has 0 amide bonds. The Kier molecular flexibility index (Phi) is 6.37. The van der Waals surface area contributed by atoms with Crippen LogP contribution in [0.5, 0.6) is 0 Å². The summed E-state index contributed by atoms with van der Waals surface area (Å²) >= 11 is 0. The molecule has 3 heteroatoms. The van der Waals surface area contributed by atoms with Crippen LogP contribution < -0.4 is 18.9 Å². The Hall–Kier alpha value is 0.517. The molecule has 1 aliphatic heterocycles. The summed E-state index contributed by atoms with van der Waals surface area (Å²) in [5.74, 6) is 0. The van der Waals surface area contributed by atoms with E-state index >= 15 is 0 Å². The fraction of sp³-hybridized carbons (Fsp3) is 1.00. The van der Waals surface area contributed by atoms with Gasteiger partial charge in [-0.3, -0.25) is 0 Å². The molecule has 1 atom stereocenters. The summed E-state index contributed by atoms with van der Waals surface area (Å²) < 4.78 is 0. The van der Waals surface area contributed by atoms with Crippen LogP contribution in [-0.2, 0) is 0 Å². The largest absolute Gasteiger partial charge is 1.00 e. The maximum Gasteiger partial charge on any atom is 1.00 e. The van der Waals surface area contributed by atoms with Crippen LogP contribution in [0.15, 0.2) is 0 Å². The van der Waals surface area contributed by atoms with Crippen LogP contribution in [-0.4, -0.2) is 37.6 Å². The molecule has 0 aromatic heterocycles. The second-order valence-corrected chi connectivity index (χ2v) is 3.11. The van der Waals surface area contributed by atoms with E-state index in [2.05, 4.69) is 17.1 Å². The first kappa shape index (κ1) is 11.5. The van der Waals surface area contributed by atoms with Gasteiger partial charge in [0.05, 0.1) is 0 Å². The maximum atomic E-state index is 4.21. The van der Waals surface area contributed by atoms with Gasteiger partial charge in [-0.25, -0.2) is 0 Å². The summed E-state index contributed by atoms with van der Waals surface area (Å²) in [5, 5.41) is 4.21. The van der Waals surface area contributed by atoms with Crippen molar-refractivity contribution in [3.8, 4) is 0 Å². The molecule has 0 aromatic carbocycles. The van der Waals surface area contributed by atoms with Gasteiger partial charge >= 0.3 is 18.9 Å². The van der Waals surface area contributed by atoms with Crippen molar-refractivity contribution < 1.29 is 18.9 Å². The fourth-order valence-electron chi connectivity index (χ4n) is 1.42. The summed E-state index contributed by atoms with van der Waals surface area (Å²) in [7, 11) is 1.90. The average molecular weight is 148 g/mol. The van der Waals surface area contributed by atoms with E-state index in [-0.39, 0.29) is 18.9 Å². The number of likely N-dealkylation sites (N-methyl/N-ethyl adjacent to an activating group) is 1. The zero-order valence-corrected chi connectivity index (χ0v) is 8.01. The number of nitrogens with zero attached hydrogens (tertiary/aromatic N) is 2. The van der Waals surface area contributed by atoms with Crippen molar-refractivity contribution in [1.82, 2.24) is 4.90 Å². The standard InChI is InChI=1S/C8H17N2.Li/c1-8(9-2)7-10-5-3-4-6-10;/h8H,3-7H2,1-2H3;/q-1;+1/t8-;/m0./s1. The summed E-state index contributed by atoms with van der Waals surface area (Å²) in [6, 6.07) is 0.526. The minimum atomic E-state index is 0. The molecule has 0 radical (unpaired) electrons. The molecule has 11 heavy (non-hydrogen) atoms. The van der Waals surface area contributed by atoms with Crippen molar-refractivity contribution in [3.05, 3.63) is 5.32 Å². The van der Waals surface area contributed by atoms with Crippen LogP contribution in [0.2, 0.25) is 0 Å². The van der Waals surface area contributed by atoms with Gasteiger partial charge in [0, 0.05) is 0 Å². The van der Waals surface area contributed by atoms with E-state index in [1.165, 1.54) is 25.9 Å². The summed E-state index contributed by atoms with van der Waals surface area (Å²) in [6.45, 7) is 5.93. The van der Waals surface area contributed by atoms with Crippen LogP contribution in [0.3, 0.4) is 0 Å². The summed E-state index contributed by atoms with van der Waals surface area (Å²) in [4.78, 5) is 2.50. The second kappa shape index (κ2) is 6.08. The van der Waals surface area contributed by atoms with Gasteiger partial charge in [0.2, 0.25) is 0 Å². The van der Waals surface area contributed by atoms with Crippen LogP contribution in [0.4, 0.5) is 0 Å². The molecule has 0 aromatic rings. The van der Waals surface area contributed by atoms with E-state index in [4.69, 9.17) is 0 Å². The third-order valence-corrected chi connectivity index (χ3v) is 2.16. The monoisotopic (exact) mass is 148 g/mol. The van der Waals surface area contributed by atoms with E-state index in [0.717, 1.165) is 6.54 Å². The average Bonchev–Trinajstić information content (AvgIpc) is 2.40. The van der Waals surface area contributed by atoms with Crippen LogP contribution >= 0.6 is 0 Å². The topological polar surface area (TPSA) is 17.3 Å². The molecule has 0 N–H and O–H groups in total. The Morgan fingerprint density at radius 3 is 2.36 bits per heavy atom. The van der Waals surface area contributed by atoms with Crippen LogP contribution in [0, 0.1) is 0 Å². The molecule has 60 valence electrons. The van der Waals surface area contributed by atoms with Crippen molar-refractivity contribution in [1.29, 1.82) is 0 Å². The van der Waals surface area contributed by atoms with Gasteiger partial charge in [-0.1, -0.05) is 6.92 Å². The molecule has 1 saturated heterocycles. The minimum absolute atomic E-state index is 0. The van der Waals surface area contributed by atoms with Gasteiger partial charge in [-0.15, -0.1) is 6.04 Å². The summed E-state index contributed by atoms with van der Waals surface area (Å²) in [5.41, 5.74) is 0. The SMILES string of the molecule is C[N-][C@@H](C)CN1CCCC1.[Li+]. The van der Waals surface area contributed by atoms with Crippen molar-refractivity contribution in [3.63, 3.8) is 0 Å². The molecule has 2 nitrogen and oxygen atoms in total. The first-order valence-electron chi connectivity index (χ1n) is 4.14. The second-order valence-electron chi connectivity index (χ2n) is 3.11. The zero-order valence-electron chi connectivity index (χ0n) is 8.01. The number of likely N-dealkylation sites (tertiary alicyclic amines) is 1. The van der Waals surface area contributed by atoms with Crippen molar-refractivity contribution >= 4 is 0 Å². The van der Waals surface area contributed by atoms with Crippen molar-refractivity contribution in [2.75, 3.05) is 26.7 Å². The molecule has 1 rings (SSSR count). The van der Waals surface area contributed by atoms with Gasteiger partial charge in [-0.2, -0.15) is 7.05 Å². The third kappa shape index (κ3) is 4.18. The van der Waals surface area contributed by atoms with Gasteiger partial charge in [0.1, 0.15) is 0 Å². The molecular formula is C8H17LiN2. The predicted molar refractivity (Wildman–Crippen MR) is 44.4 cm³/mol. The van der Waals surface area contributed by atoms with Gasteiger partial charge in [0.15, 0.2) is 0 Å². The third-order valence-electron chi connectivity index (χ3n) is 2.16. The fourth-order valence-corrected chi connectivity index (χ4v) is 1.42. The molecule has 1 aliphatic rings. The van der Waals surface area contributed by atoms with Crippen LogP contribution in [0.1, 0.15) is 19.8 Å². The van der Waals surface area contributed by atoms with E-state index in [1.54, 1.807) is 0 Å². The Morgan fingerprint density at radius 1 is 1.36 bits per heavy atom. The maximum absolute atomic E-state index is 4.21. The molecule has 0 bridgehead atoms. The Balaban J connectivity index is 0.000001000. The molecule has 0 saturated carbocycles. The van der Waals surface area contributed by atoms with E-state index in [0.29, 0.717) is 6.04 Å². The van der Waals surface area contributed by atoms with Gasteiger partial charge < -0.3 is 10.2 Å². The summed E-state index contributed by atoms with van der Waals surface area (Å²) in [6.07, 6.45) is 2.77. The number of hydrogen-bond donors (Lipinski definition) is 0. The Labute approximate surface area is 81.9 Å². The Morgan fingerprint density at radius 2 is 1.91 bits per heavy atom. The van der Waals surface area contributed by atoms with E-state index in [1.807, 2.05) is 7.05 Å². The normalized spacial score (nSPS) is 21.3. The van der Waals surface area contributed by atoms with E-state index < -0.39 is 0 Å². The molecule has 0 spiro atoms. The quantitative estimate of drug-likeness (QED) is 0.444. The van der Waals surface area contributed by atoms with Gasteiger partial charge in [0.25, 0.3) is 0 Å². The molecular weight excluding hydrogens is 131 g/mol. The number of rotatable bonds is 3. The minimum Gasteiger partial charge on any atom is -0.661 e. The molecule has 0 aliphatic carbocycles. The molecule has 0 unspecified atom stereocenters. The van der Waals surface area contributed by atoms with E-state index in [9.17, 15) is 0 Å². The number of hydrogen-bond acceptors (Lipinski definition) is 1. The van der Waals surface area contributed by atoms with Gasteiger partial charge in [-0.05, 0) is 32.5 Å². The molecule has 1 heterocycles. The van der Waals surface area contributed by atoms with Crippen LogP contribution in [0.25, 0.3) is 5.32 Å². The van der Waals surface area contributed by atoms with Crippen molar-refractivity contribution in [2.45, 2.75) is 25.8 Å². The first-order valence-corrected chi connectivity index (χ1v) is 4.14. The predicted octanol–water partition coefficient (Wildman–Crippen LogP) is -1.52. The first-order chi connectivity index (χ1) is 4.83.